The van der Waals surface area contributed by atoms with E-state index in [1.807, 2.05) is 6.07 Å². The number of hydrogen-bond donors (Lipinski definition) is 3. The lowest BCUT2D eigenvalue weighted by Gasteiger charge is -2.06. The zero-order valence-corrected chi connectivity index (χ0v) is 11.7. The molecular formula is C15H21N3O2. The van der Waals surface area contributed by atoms with Gasteiger partial charge >= 0.3 is 5.97 Å². The number of aromatic carboxylic acids is 1. The molecule has 5 N–H and O–H groups in total. The second-order valence-corrected chi connectivity index (χ2v) is 4.93. The summed E-state index contributed by atoms with van der Waals surface area (Å²) in [4.78, 5) is 11.1. The highest BCUT2D eigenvalue weighted by atomic mass is 16.4. The van der Waals surface area contributed by atoms with Gasteiger partial charge in [0.05, 0.1) is 5.56 Å². The Hall–Kier alpha value is -1.85. The summed E-state index contributed by atoms with van der Waals surface area (Å²) in [5.74, 6) is -0.902. The third kappa shape index (κ3) is 2.55. The summed E-state index contributed by atoms with van der Waals surface area (Å²) in [5.41, 5.74) is 15.0. The van der Waals surface area contributed by atoms with Crippen molar-refractivity contribution in [3.05, 3.63) is 35.0 Å². The Bertz CT molecular complexity index is 632. The Labute approximate surface area is 118 Å². The molecule has 108 valence electrons. The normalized spacial score (nSPS) is 11.2. The van der Waals surface area contributed by atoms with Gasteiger partial charge in [-0.3, -0.25) is 0 Å². The third-order valence-corrected chi connectivity index (χ3v) is 3.68. The van der Waals surface area contributed by atoms with Gasteiger partial charge in [0.2, 0.25) is 0 Å². The number of nitrogens with two attached hydrogens (primary N) is 2. The molecule has 0 bridgehead atoms. The first-order valence-electron chi connectivity index (χ1n) is 6.85. The van der Waals surface area contributed by atoms with Crippen molar-refractivity contribution in [3.63, 3.8) is 0 Å². The maximum Gasteiger partial charge on any atom is 0.335 e. The van der Waals surface area contributed by atoms with Crippen LogP contribution in [0.25, 0.3) is 10.9 Å². The molecule has 0 atom stereocenters. The number of nitrogens with zero attached hydrogens (tertiary/aromatic N) is 1. The van der Waals surface area contributed by atoms with Crippen LogP contribution in [0.5, 0.6) is 0 Å². The Balaban J connectivity index is 2.63. The van der Waals surface area contributed by atoms with Gasteiger partial charge in [-0.2, -0.15) is 0 Å². The Morgan fingerprint density at radius 3 is 2.65 bits per heavy atom. The first kappa shape index (κ1) is 14.6. The molecule has 0 aliphatic heterocycles. The Kier molecular flexibility index (Phi) is 4.42. The van der Waals surface area contributed by atoms with Crippen LogP contribution in [-0.2, 0) is 13.0 Å². The molecule has 20 heavy (non-hydrogen) atoms. The van der Waals surface area contributed by atoms with Crippen molar-refractivity contribution in [1.82, 2.24) is 4.57 Å². The zero-order chi connectivity index (χ0) is 14.7. The number of hydrogen-bond acceptors (Lipinski definition) is 3. The molecule has 0 fully saturated rings. The first-order chi connectivity index (χ1) is 9.60. The fourth-order valence-corrected chi connectivity index (χ4v) is 2.70. The molecule has 5 nitrogen and oxygen atoms in total. The summed E-state index contributed by atoms with van der Waals surface area (Å²) in [6.07, 6.45) is 1.75. The van der Waals surface area contributed by atoms with Gasteiger partial charge < -0.3 is 21.1 Å². The lowest BCUT2D eigenvalue weighted by molar-refractivity contribution is 0.0697. The van der Waals surface area contributed by atoms with Gasteiger partial charge in [-0.25, -0.2) is 4.79 Å². The van der Waals surface area contributed by atoms with Crippen molar-refractivity contribution >= 4 is 16.9 Å². The molecule has 0 spiro atoms. The number of carboxylic acids is 1. The highest BCUT2D eigenvalue weighted by molar-refractivity contribution is 5.95. The predicted octanol–water partition coefficient (Wildman–Crippen LogP) is 1.50. The van der Waals surface area contributed by atoms with Crippen LogP contribution in [0, 0.1) is 6.92 Å². The van der Waals surface area contributed by atoms with Gasteiger partial charge in [0.15, 0.2) is 0 Å². The molecule has 2 rings (SSSR count). The van der Waals surface area contributed by atoms with Crippen LogP contribution in [0.1, 0.15) is 28.0 Å². The average Bonchev–Trinajstić information content (AvgIpc) is 2.69. The van der Waals surface area contributed by atoms with Crippen molar-refractivity contribution < 1.29 is 9.90 Å². The minimum atomic E-state index is -0.902. The van der Waals surface area contributed by atoms with E-state index >= 15 is 0 Å². The summed E-state index contributed by atoms with van der Waals surface area (Å²) >= 11 is 0. The number of benzene rings is 1. The first-order valence-corrected chi connectivity index (χ1v) is 6.85. The molecule has 1 aromatic carbocycles. The van der Waals surface area contributed by atoms with Gasteiger partial charge in [-0.1, -0.05) is 0 Å². The number of carbonyl (C=O) groups is 1. The highest BCUT2D eigenvalue weighted by Crippen LogP contribution is 2.28. The second kappa shape index (κ2) is 6.07. The number of fused-ring (bicyclic) bond motifs is 1. The molecule has 0 unspecified atom stereocenters. The molecule has 0 saturated carbocycles. The highest BCUT2D eigenvalue weighted by Gasteiger charge is 2.15. The van der Waals surface area contributed by atoms with Crippen LogP contribution >= 0.6 is 0 Å². The summed E-state index contributed by atoms with van der Waals surface area (Å²) in [6, 6.07) is 5.26. The van der Waals surface area contributed by atoms with E-state index in [1.165, 1.54) is 5.56 Å². The lowest BCUT2D eigenvalue weighted by atomic mass is 10.0. The van der Waals surface area contributed by atoms with Crippen LogP contribution < -0.4 is 11.5 Å². The Morgan fingerprint density at radius 2 is 2.05 bits per heavy atom. The van der Waals surface area contributed by atoms with E-state index in [9.17, 15) is 4.79 Å². The van der Waals surface area contributed by atoms with E-state index in [2.05, 4.69) is 11.5 Å². The predicted molar refractivity (Wildman–Crippen MR) is 80.1 cm³/mol. The average molecular weight is 275 g/mol. The molecule has 5 heteroatoms. The summed E-state index contributed by atoms with van der Waals surface area (Å²) in [6.45, 7) is 3.97. The number of rotatable bonds is 6. The van der Waals surface area contributed by atoms with Gasteiger partial charge in [0.1, 0.15) is 0 Å². The molecule has 0 amide bonds. The van der Waals surface area contributed by atoms with Crippen molar-refractivity contribution in [2.24, 2.45) is 11.5 Å². The molecule has 1 heterocycles. The van der Waals surface area contributed by atoms with Crippen molar-refractivity contribution in [1.29, 1.82) is 0 Å². The summed E-state index contributed by atoms with van der Waals surface area (Å²) in [7, 11) is 0. The van der Waals surface area contributed by atoms with Crippen LogP contribution in [0.4, 0.5) is 0 Å². The van der Waals surface area contributed by atoms with Crippen LogP contribution in [0.15, 0.2) is 18.2 Å². The summed E-state index contributed by atoms with van der Waals surface area (Å²) < 4.78 is 2.16. The van der Waals surface area contributed by atoms with Crippen molar-refractivity contribution in [2.45, 2.75) is 26.3 Å². The zero-order valence-electron chi connectivity index (χ0n) is 11.7. The minimum absolute atomic E-state index is 0.316. The van der Waals surface area contributed by atoms with Gasteiger partial charge in [0.25, 0.3) is 0 Å². The fraction of sp³-hybridized carbons (Fsp3) is 0.400. The maximum absolute atomic E-state index is 11.1. The van der Waals surface area contributed by atoms with E-state index in [0.717, 1.165) is 36.0 Å². The summed E-state index contributed by atoms with van der Waals surface area (Å²) in [5, 5.41) is 10.1. The molecule has 1 aromatic heterocycles. The number of aryl methyl sites for hydroxylation is 1. The number of carboxylic acid groups (broad SMARTS) is 1. The quantitative estimate of drug-likeness (QED) is 0.744. The fourth-order valence-electron chi connectivity index (χ4n) is 2.70. The topological polar surface area (TPSA) is 94.3 Å². The third-order valence-electron chi connectivity index (χ3n) is 3.68. The van der Waals surface area contributed by atoms with Crippen molar-refractivity contribution in [2.75, 3.05) is 13.1 Å². The second-order valence-electron chi connectivity index (χ2n) is 4.93. The van der Waals surface area contributed by atoms with Gasteiger partial charge in [-0.15, -0.1) is 0 Å². The lowest BCUT2D eigenvalue weighted by Crippen LogP contribution is -2.11. The van der Waals surface area contributed by atoms with E-state index < -0.39 is 5.97 Å². The SMILES string of the molecule is Cc1c(CCCN)c2cc(C(=O)O)ccc2n1CCN. The molecule has 0 saturated heterocycles. The molecular weight excluding hydrogens is 254 g/mol. The largest absolute Gasteiger partial charge is 0.478 e. The Morgan fingerprint density at radius 1 is 1.30 bits per heavy atom. The van der Waals surface area contributed by atoms with E-state index in [-0.39, 0.29) is 0 Å². The minimum Gasteiger partial charge on any atom is -0.478 e. The molecule has 0 aliphatic carbocycles. The van der Waals surface area contributed by atoms with Crippen molar-refractivity contribution in [3.8, 4) is 0 Å². The molecule has 2 aromatic rings. The van der Waals surface area contributed by atoms with Gasteiger partial charge in [-0.05, 0) is 50.1 Å². The van der Waals surface area contributed by atoms with Crippen LogP contribution in [-0.4, -0.2) is 28.7 Å². The van der Waals surface area contributed by atoms with Crippen LogP contribution in [0.3, 0.4) is 0 Å². The smallest absolute Gasteiger partial charge is 0.335 e. The van der Waals surface area contributed by atoms with E-state index in [0.29, 0.717) is 18.7 Å². The standard InChI is InChI=1S/C15H21N3O2/c1-10-12(3-2-6-16)13-9-11(15(19)20)4-5-14(13)18(10)8-7-17/h4-5,9H,2-3,6-8,16-17H2,1H3,(H,19,20). The molecule has 0 aliphatic rings. The maximum atomic E-state index is 11.1. The number of aromatic nitrogens is 1. The van der Waals surface area contributed by atoms with Gasteiger partial charge in [0, 0.05) is 29.7 Å². The monoisotopic (exact) mass is 275 g/mol. The van der Waals surface area contributed by atoms with Crippen LogP contribution in [0.2, 0.25) is 0 Å². The molecule has 0 radical (unpaired) electrons. The van der Waals surface area contributed by atoms with E-state index in [1.54, 1.807) is 12.1 Å². The van der Waals surface area contributed by atoms with E-state index in [4.69, 9.17) is 16.6 Å².